The van der Waals surface area contributed by atoms with Crippen LogP contribution in [-0.2, 0) is 16.0 Å². The number of nitrogens with zero attached hydrogens (tertiary/aromatic N) is 1. The molecule has 0 spiro atoms. The summed E-state index contributed by atoms with van der Waals surface area (Å²) in [7, 11) is 1.69. The summed E-state index contributed by atoms with van der Waals surface area (Å²) in [6.45, 7) is 7.12. The Balaban J connectivity index is 1.37. The van der Waals surface area contributed by atoms with E-state index in [4.69, 9.17) is 9.47 Å². The maximum atomic E-state index is 13.3. The summed E-state index contributed by atoms with van der Waals surface area (Å²) in [5.41, 5.74) is 2.49. The van der Waals surface area contributed by atoms with Crippen molar-refractivity contribution in [1.29, 1.82) is 0 Å². The Kier molecular flexibility index (Phi) is 8.05. The van der Waals surface area contributed by atoms with Gasteiger partial charge in [-0.25, -0.2) is 0 Å². The molecule has 2 fully saturated rings. The van der Waals surface area contributed by atoms with Crippen LogP contribution in [0.4, 0.5) is 0 Å². The van der Waals surface area contributed by atoms with Gasteiger partial charge < -0.3 is 19.7 Å². The maximum Gasteiger partial charge on any atom is 0.252 e. The molecule has 4 rings (SSSR count). The summed E-state index contributed by atoms with van der Waals surface area (Å²) >= 11 is 0. The molecule has 0 aliphatic carbocycles. The lowest BCUT2D eigenvalue weighted by Crippen LogP contribution is -2.48. The van der Waals surface area contributed by atoms with Crippen LogP contribution in [0.1, 0.15) is 44.6 Å². The molecular formula is C28H38N2O3. The van der Waals surface area contributed by atoms with Crippen LogP contribution in [0.2, 0.25) is 0 Å². The van der Waals surface area contributed by atoms with Crippen LogP contribution in [-0.4, -0.2) is 56.3 Å². The highest BCUT2D eigenvalue weighted by atomic mass is 16.5. The number of benzene rings is 2. The zero-order valence-electron chi connectivity index (χ0n) is 20.1. The summed E-state index contributed by atoms with van der Waals surface area (Å²) in [4.78, 5) is 15.8. The van der Waals surface area contributed by atoms with Gasteiger partial charge in [0.1, 0.15) is 5.75 Å². The molecule has 0 radical (unpaired) electrons. The number of piperidine rings is 1. The van der Waals surface area contributed by atoms with Gasteiger partial charge in [0.15, 0.2) is 5.60 Å². The molecule has 178 valence electrons. The number of likely N-dealkylation sites (tertiary alicyclic amines) is 1. The lowest BCUT2D eigenvalue weighted by atomic mass is 9.89. The molecule has 2 aliphatic heterocycles. The van der Waals surface area contributed by atoms with Crippen molar-refractivity contribution < 1.29 is 14.3 Å². The van der Waals surface area contributed by atoms with Crippen LogP contribution in [0.3, 0.4) is 0 Å². The van der Waals surface area contributed by atoms with Crippen LogP contribution < -0.4 is 10.1 Å². The van der Waals surface area contributed by atoms with Gasteiger partial charge in [-0.3, -0.25) is 4.79 Å². The van der Waals surface area contributed by atoms with Gasteiger partial charge in [0, 0.05) is 25.1 Å². The average molecular weight is 451 g/mol. The molecule has 33 heavy (non-hydrogen) atoms. The van der Waals surface area contributed by atoms with Crippen molar-refractivity contribution in [3.8, 4) is 16.9 Å². The molecule has 2 aromatic carbocycles. The van der Waals surface area contributed by atoms with E-state index in [1.807, 2.05) is 18.2 Å². The second kappa shape index (κ2) is 11.2. The Bertz CT molecular complexity index is 915. The topological polar surface area (TPSA) is 50.8 Å². The number of methoxy groups -OCH3 is 1. The number of para-hydroxylation sites is 1. The van der Waals surface area contributed by atoms with Gasteiger partial charge in [-0.1, -0.05) is 49.4 Å². The van der Waals surface area contributed by atoms with Crippen LogP contribution in [0, 0.1) is 5.92 Å². The number of hydrogen-bond acceptors (Lipinski definition) is 4. The smallest absolute Gasteiger partial charge is 0.252 e. The number of carbonyl (C=O) groups is 1. The van der Waals surface area contributed by atoms with Crippen LogP contribution in [0.15, 0.2) is 48.5 Å². The molecule has 0 saturated carbocycles. The molecular weight excluding hydrogens is 412 g/mol. The highest BCUT2D eigenvalue weighted by molar-refractivity contribution is 5.86. The average Bonchev–Trinajstić information content (AvgIpc) is 3.32. The fourth-order valence-corrected chi connectivity index (χ4v) is 5.11. The van der Waals surface area contributed by atoms with Gasteiger partial charge >= 0.3 is 0 Å². The standard InChI is InChI=1S/C28H38N2O3/c1-22-12-17-30(18-13-22)16-7-15-29-27(31)28(14-6-19-33-28)21-23-8-5-9-24(20-23)25-10-3-4-11-26(25)32-2/h3-5,8-11,20,22H,6-7,12-19,21H2,1-2H3,(H,29,31). The molecule has 1 unspecified atom stereocenters. The van der Waals surface area contributed by atoms with E-state index in [0.29, 0.717) is 19.6 Å². The van der Waals surface area contributed by atoms with E-state index >= 15 is 0 Å². The molecule has 2 heterocycles. The highest BCUT2D eigenvalue weighted by Gasteiger charge is 2.42. The summed E-state index contributed by atoms with van der Waals surface area (Å²) in [5.74, 6) is 1.74. The number of nitrogens with one attached hydrogen (secondary N) is 1. The number of rotatable bonds is 9. The van der Waals surface area contributed by atoms with E-state index in [9.17, 15) is 4.79 Å². The molecule has 2 aromatic rings. The Morgan fingerprint density at radius 2 is 2.00 bits per heavy atom. The summed E-state index contributed by atoms with van der Waals surface area (Å²) < 4.78 is 11.7. The first-order valence-electron chi connectivity index (χ1n) is 12.5. The van der Waals surface area contributed by atoms with Crippen molar-refractivity contribution in [3.05, 3.63) is 54.1 Å². The second-order valence-corrected chi connectivity index (χ2v) is 9.66. The molecule has 2 saturated heterocycles. The molecule has 2 aliphatic rings. The first-order valence-corrected chi connectivity index (χ1v) is 12.5. The SMILES string of the molecule is COc1ccccc1-c1cccc(CC2(C(=O)NCCCN3CCC(C)CC3)CCCO2)c1. The molecule has 1 amide bonds. The maximum absolute atomic E-state index is 13.3. The Labute approximate surface area is 198 Å². The Morgan fingerprint density at radius 3 is 2.76 bits per heavy atom. The van der Waals surface area contributed by atoms with Gasteiger partial charge in [-0.15, -0.1) is 0 Å². The molecule has 5 nitrogen and oxygen atoms in total. The van der Waals surface area contributed by atoms with Gasteiger partial charge in [-0.2, -0.15) is 0 Å². The Morgan fingerprint density at radius 1 is 1.18 bits per heavy atom. The zero-order valence-corrected chi connectivity index (χ0v) is 20.1. The predicted molar refractivity (Wildman–Crippen MR) is 133 cm³/mol. The first kappa shape index (κ1) is 23.8. The van der Waals surface area contributed by atoms with E-state index in [1.54, 1.807) is 7.11 Å². The number of amides is 1. The molecule has 0 aromatic heterocycles. The fourth-order valence-electron chi connectivity index (χ4n) is 5.11. The van der Waals surface area contributed by atoms with Crippen LogP contribution >= 0.6 is 0 Å². The number of ether oxygens (including phenoxy) is 2. The van der Waals surface area contributed by atoms with Gasteiger partial charge in [-0.05, 0) is 74.8 Å². The third-order valence-corrected chi connectivity index (χ3v) is 7.16. The fraction of sp³-hybridized carbons (Fsp3) is 0.536. The van der Waals surface area contributed by atoms with Gasteiger partial charge in [0.25, 0.3) is 5.91 Å². The van der Waals surface area contributed by atoms with Gasteiger partial charge in [0.05, 0.1) is 7.11 Å². The van der Waals surface area contributed by atoms with Crippen molar-refractivity contribution in [2.75, 3.05) is 39.9 Å². The quantitative estimate of drug-likeness (QED) is 0.563. The lowest BCUT2D eigenvalue weighted by molar-refractivity contribution is -0.141. The zero-order chi connectivity index (χ0) is 23.1. The van der Waals surface area contributed by atoms with Crippen molar-refractivity contribution in [2.24, 2.45) is 5.92 Å². The highest BCUT2D eigenvalue weighted by Crippen LogP contribution is 2.33. The van der Waals surface area contributed by atoms with Crippen LogP contribution in [0.5, 0.6) is 5.75 Å². The monoisotopic (exact) mass is 450 g/mol. The minimum atomic E-state index is -0.764. The van der Waals surface area contributed by atoms with Crippen molar-refractivity contribution >= 4 is 5.91 Å². The van der Waals surface area contributed by atoms with Crippen molar-refractivity contribution in [2.45, 2.75) is 51.0 Å². The summed E-state index contributed by atoms with van der Waals surface area (Å²) in [5, 5.41) is 3.19. The minimum absolute atomic E-state index is 0.0370. The second-order valence-electron chi connectivity index (χ2n) is 9.66. The predicted octanol–water partition coefficient (Wildman–Crippen LogP) is 4.69. The summed E-state index contributed by atoms with van der Waals surface area (Å²) in [6, 6.07) is 16.4. The van der Waals surface area contributed by atoms with Crippen LogP contribution in [0.25, 0.3) is 11.1 Å². The van der Waals surface area contributed by atoms with E-state index in [0.717, 1.165) is 54.2 Å². The normalized spacial score (nSPS) is 21.8. The van der Waals surface area contributed by atoms with Crippen molar-refractivity contribution in [3.63, 3.8) is 0 Å². The third-order valence-electron chi connectivity index (χ3n) is 7.16. The van der Waals surface area contributed by atoms with E-state index in [1.165, 1.54) is 25.9 Å². The van der Waals surface area contributed by atoms with Crippen molar-refractivity contribution in [1.82, 2.24) is 10.2 Å². The third kappa shape index (κ3) is 5.96. The molecule has 5 heteroatoms. The van der Waals surface area contributed by atoms with Gasteiger partial charge in [0.2, 0.25) is 0 Å². The van der Waals surface area contributed by atoms with E-state index < -0.39 is 5.60 Å². The first-order chi connectivity index (χ1) is 16.1. The Hall–Kier alpha value is -2.37. The number of hydrogen-bond donors (Lipinski definition) is 1. The molecule has 0 bridgehead atoms. The molecule has 1 atom stereocenters. The number of carbonyl (C=O) groups excluding carboxylic acids is 1. The lowest BCUT2D eigenvalue weighted by Gasteiger charge is -2.30. The largest absolute Gasteiger partial charge is 0.496 e. The minimum Gasteiger partial charge on any atom is -0.496 e. The summed E-state index contributed by atoms with van der Waals surface area (Å²) in [6.07, 6.45) is 5.84. The molecule has 1 N–H and O–H groups in total. The van der Waals surface area contributed by atoms with E-state index in [-0.39, 0.29) is 5.91 Å². The van der Waals surface area contributed by atoms with E-state index in [2.05, 4.69) is 47.5 Å².